The van der Waals surface area contributed by atoms with E-state index in [1.165, 1.54) is 13.0 Å². The molecule has 1 heterocycles. The van der Waals surface area contributed by atoms with Crippen LogP contribution in [0.3, 0.4) is 0 Å². The van der Waals surface area contributed by atoms with Gasteiger partial charge in [-0.25, -0.2) is 4.79 Å². The van der Waals surface area contributed by atoms with Crippen LogP contribution in [0.25, 0.3) is 0 Å². The molecule has 1 fully saturated rings. The number of carbonyl (C=O) groups is 6. The lowest BCUT2D eigenvalue weighted by atomic mass is 10.1. The molecule has 1 aromatic rings. The number of aryl methyl sites for hydroxylation is 1. The fourth-order valence-electron chi connectivity index (χ4n) is 3.69. The highest BCUT2D eigenvalue weighted by Gasteiger charge is 2.39. The normalized spacial score (nSPS) is 16.9. The number of benzene rings is 1. The minimum Gasteiger partial charge on any atom is -0.481 e. The van der Waals surface area contributed by atoms with E-state index in [0.717, 1.165) is 4.90 Å². The Balaban J connectivity index is 0.000000603. The molecular weight excluding hydrogens is 554 g/mol. The summed E-state index contributed by atoms with van der Waals surface area (Å²) >= 11 is 0. The monoisotopic (exact) mass is 587 g/mol. The number of carbonyl (C=O) groups excluding carboxylic acids is 4. The topological polar surface area (TPSA) is 277 Å². The summed E-state index contributed by atoms with van der Waals surface area (Å²) in [6, 6.07) is 1.06. The van der Waals surface area contributed by atoms with Crippen molar-refractivity contribution in [2.24, 2.45) is 11.5 Å². The largest absolute Gasteiger partial charge is 0.481 e. The summed E-state index contributed by atoms with van der Waals surface area (Å²) < 4.78 is 29.9. The molecule has 4 amide bonds. The van der Waals surface area contributed by atoms with Crippen LogP contribution < -0.4 is 22.1 Å². The highest BCUT2D eigenvalue weighted by atomic mass is 32.2. The van der Waals surface area contributed by atoms with E-state index in [0.29, 0.717) is 12.0 Å². The lowest BCUT2D eigenvalue weighted by molar-refractivity contribution is -0.150. The van der Waals surface area contributed by atoms with E-state index >= 15 is 0 Å². The Morgan fingerprint density at radius 3 is 2.05 bits per heavy atom. The number of likely N-dealkylation sites (tertiary alicyclic amines) is 1. The van der Waals surface area contributed by atoms with E-state index in [9.17, 15) is 42.3 Å². The first-order valence-corrected chi connectivity index (χ1v) is 13.3. The molecule has 1 aliphatic heterocycles. The van der Waals surface area contributed by atoms with Crippen molar-refractivity contribution in [3.05, 3.63) is 29.8 Å². The molecule has 0 saturated carbocycles. The summed E-state index contributed by atoms with van der Waals surface area (Å²) in [6.07, 6.45) is -0.827. The zero-order valence-electron chi connectivity index (χ0n) is 21.8. The lowest BCUT2D eigenvalue weighted by Gasteiger charge is -2.28. The predicted molar refractivity (Wildman–Crippen MR) is 137 cm³/mol. The van der Waals surface area contributed by atoms with Gasteiger partial charge in [-0.15, -0.1) is 0 Å². The molecule has 1 saturated heterocycles. The first kappa shape index (κ1) is 33.9. The molecule has 2 rings (SSSR count). The summed E-state index contributed by atoms with van der Waals surface area (Å²) in [5, 5.41) is 22.6. The molecule has 1 aromatic carbocycles. The maximum absolute atomic E-state index is 12.7. The van der Waals surface area contributed by atoms with Gasteiger partial charge in [0.2, 0.25) is 23.6 Å². The summed E-state index contributed by atoms with van der Waals surface area (Å²) in [5.74, 6) is -6.27. The van der Waals surface area contributed by atoms with Crippen LogP contribution in [0, 0.1) is 6.92 Å². The van der Waals surface area contributed by atoms with Crippen LogP contribution in [0.4, 0.5) is 0 Å². The van der Waals surface area contributed by atoms with Gasteiger partial charge in [0.1, 0.15) is 18.1 Å². The van der Waals surface area contributed by atoms with E-state index in [1.807, 2.05) is 0 Å². The van der Waals surface area contributed by atoms with E-state index in [1.54, 1.807) is 25.1 Å². The van der Waals surface area contributed by atoms with E-state index in [4.69, 9.17) is 21.1 Å². The van der Waals surface area contributed by atoms with Gasteiger partial charge in [-0.1, -0.05) is 18.2 Å². The Labute approximate surface area is 229 Å². The number of rotatable bonds is 11. The second-order valence-electron chi connectivity index (χ2n) is 8.95. The number of hydrogen-bond donors (Lipinski definition) is 7. The van der Waals surface area contributed by atoms with Crippen LogP contribution in [0.1, 0.15) is 38.2 Å². The number of nitrogens with zero attached hydrogens (tertiary/aromatic N) is 1. The van der Waals surface area contributed by atoms with E-state index in [2.05, 4.69) is 10.6 Å². The summed E-state index contributed by atoms with van der Waals surface area (Å²) in [5.41, 5.74) is 11.0. The van der Waals surface area contributed by atoms with Crippen molar-refractivity contribution in [3.63, 3.8) is 0 Å². The van der Waals surface area contributed by atoms with Crippen molar-refractivity contribution in [2.45, 2.75) is 68.6 Å². The van der Waals surface area contributed by atoms with E-state index < -0.39 is 82.7 Å². The van der Waals surface area contributed by atoms with Gasteiger partial charge in [0.05, 0.1) is 23.8 Å². The number of nitrogens with two attached hydrogens (primary N) is 2. The van der Waals surface area contributed by atoms with Crippen molar-refractivity contribution in [2.75, 3.05) is 6.54 Å². The molecule has 16 nitrogen and oxygen atoms in total. The van der Waals surface area contributed by atoms with Crippen molar-refractivity contribution in [3.8, 4) is 0 Å². The molecule has 0 aromatic heterocycles. The highest BCUT2D eigenvalue weighted by molar-refractivity contribution is 7.85. The van der Waals surface area contributed by atoms with Crippen LogP contribution in [0.5, 0.6) is 0 Å². The van der Waals surface area contributed by atoms with Gasteiger partial charge in [-0.05, 0) is 38.3 Å². The number of carboxylic acid groups (broad SMARTS) is 2. The van der Waals surface area contributed by atoms with Crippen LogP contribution in [0.15, 0.2) is 29.2 Å². The molecular formula is C23H33N5O11S. The van der Waals surface area contributed by atoms with Crippen LogP contribution in [-0.4, -0.2) is 94.4 Å². The molecule has 9 N–H and O–H groups in total. The standard InChI is InChI=1S/C16H25N5O8.C7H8O3S/c1-7(17)13(25)19-8(5-11(18)22)14(26)20-9(6-12(23)24)15(27)21-4-2-3-10(21)16(28)29;1-6-4-2-3-5-7(6)11(8,9)10/h7-10H,2-6,17H2,1H3,(H2,18,22)(H,19,25)(H,20,26)(H,23,24)(H,28,29);2-5H,1H3,(H,8,9,10)/t7-,8-,9-,10-;/m0./s1. The Kier molecular flexibility index (Phi) is 12.6. The quantitative estimate of drug-likeness (QED) is 0.138. The second kappa shape index (κ2) is 14.9. The first-order chi connectivity index (χ1) is 18.4. The first-order valence-electron chi connectivity index (χ1n) is 11.9. The molecule has 0 aliphatic carbocycles. The molecule has 222 valence electrons. The van der Waals surface area contributed by atoms with Crippen LogP contribution >= 0.6 is 0 Å². The summed E-state index contributed by atoms with van der Waals surface area (Å²) in [7, 11) is -4.03. The lowest BCUT2D eigenvalue weighted by Crippen LogP contribution is -2.58. The molecule has 4 atom stereocenters. The highest BCUT2D eigenvalue weighted by Crippen LogP contribution is 2.19. The van der Waals surface area contributed by atoms with Crippen molar-refractivity contribution >= 4 is 45.7 Å². The van der Waals surface area contributed by atoms with Crippen molar-refractivity contribution in [1.29, 1.82) is 0 Å². The van der Waals surface area contributed by atoms with E-state index in [-0.39, 0.29) is 17.9 Å². The molecule has 17 heteroatoms. The molecule has 1 aliphatic rings. The Hall–Kier alpha value is -4.09. The fourth-order valence-corrected chi connectivity index (χ4v) is 4.42. The molecule has 40 heavy (non-hydrogen) atoms. The smallest absolute Gasteiger partial charge is 0.326 e. The van der Waals surface area contributed by atoms with Crippen LogP contribution in [0.2, 0.25) is 0 Å². The van der Waals surface area contributed by atoms with Gasteiger partial charge >= 0.3 is 11.9 Å². The average Bonchev–Trinajstić information content (AvgIpc) is 3.32. The fraction of sp³-hybridized carbons (Fsp3) is 0.478. The minimum absolute atomic E-state index is 0.0278. The second-order valence-corrected chi connectivity index (χ2v) is 10.3. The SMILES string of the molecule is C[C@H](N)C(=O)N[C@@H](CC(N)=O)C(=O)N[C@@H](CC(=O)O)C(=O)N1CCC[C@H]1C(=O)O.Cc1ccccc1S(=O)(=O)O. The summed E-state index contributed by atoms with van der Waals surface area (Å²) in [6.45, 7) is 3.06. The van der Waals surface area contributed by atoms with Crippen molar-refractivity contribution in [1.82, 2.24) is 15.5 Å². The third-order valence-corrected chi connectivity index (χ3v) is 6.65. The third-order valence-electron chi connectivity index (χ3n) is 5.64. The van der Waals surface area contributed by atoms with Gasteiger partial charge in [0, 0.05) is 6.54 Å². The van der Waals surface area contributed by atoms with Gasteiger partial charge in [-0.2, -0.15) is 8.42 Å². The van der Waals surface area contributed by atoms with Gasteiger partial charge < -0.3 is 37.2 Å². The van der Waals surface area contributed by atoms with Gasteiger partial charge in [0.15, 0.2) is 0 Å². The number of primary amides is 1. The third kappa shape index (κ3) is 10.6. The zero-order chi connectivity index (χ0) is 30.8. The Bertz CT molecular complexity index is 1240. The maximum Gasteiger partial charge on any atom is 0.326 e. The van der Waals surface area contributed by atoms with Gasteiger partial charge in [0.25, 0.3) is 10.1 Å². The number of amides is 4. The maximum atomic E-state index is 12.7. The Morgan fingerprint density at radius 2 is 1.60 bits per heavy atom. The minimum atomic E-state index is -4.03. The Morgan fingerprint density at radius 1 is 1.02 bits per heavy atom. The molecule has 0 spiro atoms. The molecule has 0 radical (unpaired) electrons. The van der Waals surface area contributed by atoms with Gasteiger partial charge in [-0.3, -0.25) is 28.5 Å². The zero-order valence-corrected chi connectivity index (χ0v) is 22.6. The molecule has 0 unspecified atom stereocenters. The summed E-state index contributed by atoms with van der Waals surface area (Å²) in [4.78, 5) is 71.6. The predicted octanol–water partition coefficient (Wildman–Crippen LogP) is -2.03. The molecule has 0 bridgehead atoms. The average molecular weight is 588 g/mol. The van der Waals surface area contributed by atoms with Crippen LogP contribution in [-0.2, 0) is 38.9 Å². The number of nitrogens with one attached hydrogen (secondary N) is 2. The number of aliphatic carboxylic acids is 2. The number of carboxylic acids is 2. The van der Waals surface area contributed by atoms with Crippen molar-refractivity contribution < 1.29 is 52.0 Å². The number of hydrogen-bond acceptors (Lipinski definition) is 9.